The number of non-ortho nitro benzene ring substituents is 1. The van der Waals surface area contributed by atoms with E-state index < -0.39 is 4.92 Å². The standard InChI is InChI=1S/C24H18BrN3O3S/c1-14-3-12-20(15(2)13-14)22-21(16-6-10-19(11-7-16)28(30)31)26-24(32-22)27-23(29)17-4-8-18(25)9-5-17/h3-13H,1-2H3,(H,26,27,29). The van der Waals surface area contributed by atoms with Gasteiger partial charge in [-0.05, 0) is 61.4 Å². The molecule has 1 heterocycles. The highest BCUT2D eigenvalue weighted by atomic mass is 79.9. The third-order valence-corrected chi connectivity index (χ3v) is 6.46. The maximum absolute atomic E-state index is 12.7. The molecule has 160 valence electrons. The summed E-state index contributed by atoms with van der Waals surface area (Å²) >= 11 is 4.75. The molecule has 0 aliphatic carbocycles. The molecule has 8 heteroatoms. The van der Waals surface area contributed by atoms with Gasteiger partial charge in [-0.15, -0.1) is 0 Å². The summed E-state index contributed by atoms with van der Waals surface area (Å²) in [5.41, 5.74) is 5.19. The summed E-state index contributed by atoms with van der Waals surface area (Å²) in [6.45, 7) is 4.06. The monoisotopic (exact) mass is 507 g/mol. The number of anilines is 1. The predicted octanol–water partition coefficient (Wildman–Crippen LogP) is 7.02. The number of hydrogen-bond acceptors (Lipinski definition) is 5. The Hall–Kier alpha value is -3.36. The van der Waals surface area contributed by atoms with Crippen LogP contribution in [0.25, 0.3) is 21.7 Å². The van der Waals surface area contributed by atoms with Crippen molar-refractivity contribution < 1.29 is 9.72 Å². The van der Waals surface area contributed by atoms with Crippen LogP contribution in [0.4, 0.5) is 10.8 Å². The molecule has 1 N–H and O–H groups in total. The molecule has 0 saturated heterocycles. The second-order valence-electron chi connectivity index (χ2n) is 7.28. The molecule has 0 bridgehead atoms. The first-order chi connectivity index (χ1) is 15.3. The number of aryl methyl sites for hydroxylation is 2. The van der Waals surface area contributed by atoms with E-state index in [-0.39, 0.29) is 11.6 Å². The van der Waals surface area contributed by atoms with E-state index in [1.165, 1.54) is 23.5 Å². The first-order valence-corrected chi connectivity index (χ1v) is 11.3. The van der Waals surface area contributed by atoms with Gasteiger partial charge in [0.2, 0.25) is 0 Å². The van der Waals surface area contributed by atoms with Crippen molar-refractivity contribution in [1.82, 2.24) is 4.98 Å². The lowest BCUT2D eigenvalue weighted by Gasteiger charge is -2.07. The van der Waals surface area contributed by atoms with Gasteiger partial charge >= 0.3 is 0 Å². The molecule has 0 spiro atoms. The van der Waals surface area contributed by atoms with Crippen LogP contribution in [0.1, 0.15) is 21.5 Å². The van der Waals surface area contributed by atoms with Crippen LogP contribution in [-0.4, -0.2) is 15.8 Å². The van der Waals surface area contributed by atoms with E-state index in [0.29, 0.717) is 16.4 Å². The van der Waals surface area contributed by atoms with E-state index in [9.17, 15) is 14.9 Å². The van der Waals surface area contributed by atoms with Crippen LogP contribution in [0.2, 0.25) is 0 Å². The third-order valence-electron chi connectivity index (χ3n) is 4.93. The third kappa shape index (κ3) is 4.61. The number of halogens is 1. The van der Waals surface area contributed by atoms with Crippen molar-refractivity contribution in [2.45, 2.75) is 13.8 Å². The molecule has 1 amide bonds. The van der Waals surface area contributed by atoms with Crippen LogP contribution >= 0.6 is 27.3 Å². The van der Waals surface area contributed by atoms with Crippen molar-refractivity contribution >= 4 is 44.0 Å². The molecule has 4 rings (SSSR count). The largest absolute Gasteiger partial charge is 0.298 e. The summed E-state index contributed by atoms with van der Waals surface area (Å²) in [6, 6.07) is 19.5. The molecule has 0 atom stereocenters. The average Bonchev–Trinajstić information content (AvgIpc) is 3.17. The van der Waals surface area contributed by atoms with Crippen LogP contribution in [0.3, 0.4) is 0 Å². The lowest BCUT2D eigenvalue weighted by Crippen LogP contribution is -2.11. The fraction of sp³-hybridized carbons (Fsp3) is 0.0833. The Balaban J connectivity index is 1.76. The summed E-state index contributed by atoms with van der Waals surface area (Å²) < 4.78 is 0.890. The Kier molecular flexibility index (Phi) is 6.16. The molecule has 4 aromatic rings. The van der Waals surface area contributed by atoms with Gasteiger partial charge < -0.3 is 0 Å². The van der Waals surface area contributed by atoms with E-state index in [2.05, 4.69) is 32.3 Å². The van der Waals surface area contributed by atoms with Crippen LogP contribution < -0.4 is 5.32 Å². The first kappa shape index (κ1) is 21.9. The molecule has 0 aliphatic heterocycles. The molecule has 0 radical (unpaired) electrons. The highest BCUT2D eigenvalue weighted by Gasteiger charge is 2.19. The summed E-state index contributed by atoms with van der Waals surface area (Å²) in [6.07, 6.45) is 0. The number of hydrogen-bond donors (Lipinski definition) is 1. The number of carbonyl (C=O) groups excluding carboxylic acids is 1. The molecular formula is C24H18BrN3O3S. The number of nitrogens with zero attached hydrogens (tertiary/aromatic N) is 2. The van der Waals surface area contributed by atoms with Gasteiger partial charge in [-0.2, -0.15) is 0 Å². The second kappa shape index (κ2) is 9.02. The van der Waals surface area contributed by atoms with Gasteiger partial charge in [0.25, 0.3) is 11.6 Å². The molecule has 0 saturated carbocycles. The van der Waals surface area contributed by atoms with Crippen molar-refractivity contribution in [3.05, 3.63) is 98.0 Å². The number of nitrogens with one attached hydrogen (secondary N) is 1. The minimum Gasteiger partial charge on any atom is -0.298 e. The summed E-state index contributed by atoms with van der Waals surface area (Å²) in [5, 5.41) is 14.4. The maximum Gasteiger partial charge on any atom is 0.269 e. The van der Waals surface area contributed by atoms with Crippen molar-refractivity contribution in [3.63, 3.8) is 0 Å². The molecule has 6 nitrogen and oxygen atoms in total. The number of carbonyl (C=O) groups is 1. The Bertz CT molecular complexity index is 1320. The highest BCUT2D eigenvalue weighted by Crippen LogP contribution is 2.41. The average molecular weight is 508 g/mol. The summed E-state index contributed by atoms with van der Waals surface area (Å²) in [4.78, 5) is 28.9. The number of nitro groups is 1. The second-order valence-corrected chi connectivity index (χ2v) is 9.19. The molecule has 1 aromatic heterocycles. The van der Waals surface area contributed by atoms with Gasteiger partial charge in [-0.1, -0.05) is 51.0 Å². The fourth-order valence-corrected chi connectivity index (χ4v) is 4.67. The van der Waals surface area contributed by atoms with Crippen molar-refractivity contribution in [1.29, 1.82) is 0 Å². The Morgan fingerprint density at radius 2 is 1.72 bits per heavy atom. The normalized spacial score (nSPS) is 10.7. The van der Waals surface area contributed by atoms with E-state index in [0.717, 1.165) is 31.6 Å². The topological polar surface area (TPSA) is 85.1 Å². The van der Waals surface area contributed by atoms with Gasteiger partial charge in [0, 0.05) is 27.7 Å². The number of amides is 1. The highest BCUT2D eigenvalue weighted by molar-refractivity contribution is 9.10. The molecular weight excluding hydrogens is 490 g/mol. The van der Waals surface area contributed by atoms with Gasteiger partial charge in [0.15, 0.2) is 5.13 Å². The van der Waals surface area contributed by atoms with Gasteiger partial charge in [-0.3, -0.25) is 20.2 Å². The molecule has 0 aliphatic rings. The Labute approximate surface area is 197 Å². The number of rotatable bonds is 5. The van der Waals surface area contributed by atoms with E-state index in [1.54, 1.807) is 36.4 Å². The Morgan fingerprint density at radius 1 is 1.03 bits per heavy atom. The van der Waals surface area contributed by atoms with Crippen molar-refractivity contribution in [3.8, 4) is 21.7 Å². The molecule has 32 heavy (non-hydrogen) atoms. The zero-order valence-electron chi connectivity index (χ0n) is 17.3. The first-order valence-electron chi connectivity index (χ1n) is 9.72. The predicted molar refractivity (Wildman–Crippen MR) is 131 cm³/mol. The minimum atomic E-state index is -0.431. The van der Waals surface area contributed by atoms with E-state index in [1.807, 2.05) is 26.0 Å². The molecule has 0 unspecified atom stereocenters. The smallest absolute Gasteiger partial charge is 0.269 e. The number of nitro benzene ring substituents is 1. The van der Waals surface area contributed by atoms with Crippen LogP contribution in [-0.2, 0) is 0 Å². The van der Waals surface area contributed by atoms with Crippen molar-refractivity contribution in [2.24, 2.45) is 0 Å². The maximum atomic E-state index is 12.7. The van der Waals surface area contributed by atoms with Crippen LogP contribution in [0.5, 0.6) is 0 Å². The lowest BCUT2D eigenvalue weighted by molar-refractivity contribution is -0.384. The quantitative estimate of drug-likeness (QED) is 0.232. The SMILES string of the molecule is Cc1ccc(-c2sc(NC(=O)c3ccc(Br)cc3)nc2-c2ccc([N+](=O)[O-])cc2)c(C)c1. The van der Waals surface area contributed by atoms with E-state index in [4.69, 9.17) is 0 Å². The van der Waals surface area contributed by atoms with E-state index >= 15 is 0 Å². The Morgan fingerprint density at radius 3 is 2.34 bits per heavy atom. The zero-order chi connectivity index (χ0) is 22.8. The molecule has 0 fully saturated rings. The number of aromatic nitrogens is 1. The summed E-state index contributed by atoms with van der Waals surface area (Å²) in [5.74, 6) is -0.256. The van der Waals surface area contributed by atoms with Gasteiger partial charge in [-0.25, -0.2) is 4.98 Å². The van der Waals surface area contributed by atoms with Gasteiger partial charge in [0.05, 0.1) is 15.5 Å². The molecule has 3 aromatic carbocycles. The minimum absolute atomic E-state index is 0.0146. The van der Waals surface area contributed by atoms with Crippen LogP contribution in [0, 0.1) is 24.0 Å². The fourth-order valence-electron chi connectivity index (χ4n) is 3.33. The number of thiazole rings is 1. The summed E-state index contributed by atoms with van der Waals surface area (Å²) in [7, 11) is 0. The number of benzene rings is 3. The van der Waals surface area contributed by atoms with Crippen molar-refractivity contribution in [2.75, 3.05) is 5.32 Å². The zero-order valence-corrected chi connectivity index (χ0v) is 19.7. The van der Waals surface area contributed by atoms with Gasteiger partial charge in [0.1, 0.15) is 0 Å². The lowest BCUT2D eigenvalue weighted by atomic mass is 10.0. The van der Waals surface area contributed by atoms with Crippen LogP contribution in [0.15, 0.2) is 71.2 Å².